The molecule has 0 aliphatic carbocycles. The standard InChI is InChI=1S/C14H15NO3/c16-13(15-7-3-4-8-15)11-9-10-5-1-2-6-12(10)18-14(11)17/h1-2,5-6,11H,3-4,7-9H2. The van der Waals surface area contributed by atoms with Gasteiger partial charge in [0.15, 0.2) is 0 Å². The highest BCUT2D eigenvalue weighted by molar-refractivity contribution is 6.00. The summed E-state index contributed by atoms with van der Waals surface area (Å²) >= 11 is 0. The maximum Gasteiger partial charge on any atom is 0.324 e. The zero-order chi connectivity index (χ0) is 12.5. The average Bonchev–Trinajstić information content (AvgIpc) is 2.91. The first-order valence-corrected chi connectivity index (χ1v) is 6.34. The van der Waals surface area contributed by atoms with E-state index in [1.54, 1.807) is 11.0 Å². The zero-order valence-electron chi connectivity index (χ0n) is 10.1. The van der Waals surface area contributed by atoms with Gasteiger partial charge in [0.05, 0.1) is 0 Å². The molecule has 4 heteroatoms. The van der Waals surface area contributed by atoms with Crippen molar-refractivity contribution in [2.24, 2.45) is 5.92 Å². The van der Waals surface area contributed by atoms with Crippen LogP contribution in [0.3, 0.4) is 0 Å². The number of para-hydroxylation sites is 1. The second kappa shape index (κ2) is 4.44. The second-order valence-corrected chi connectivity index (χ2v) is 4.82. The van der Waals surface area contributed by atoms with Crippen molar-refractivity contribution in [1.82, 2.24) is 4.90 Å². The summed E-state index contributed by atoms with van der Waals surface area (Å²) in [5.41, 5.74) is 0.939. The summed E-state index contributed by atoms with van der Waals surface area (Å²) < 4.78 is 5.24. The van der Waals surface area contributed by atoms with Crippen LogP contribution in [0.1, 0.15) is 18.4 Å². The normalized spacial score (nSPS) is 22.6. The molecule has 1 aromatic carbocycles. The minimum atomic E-state index is -0.655. The van der Waals surface area contributed by atoms with Crippen LogP contribution in [0.2, 0.25) is 0 Å². The summed E-state index contributed by atoms with van der Waals surface area (Å²) in [4.78, 5) is 25.9. The molecular formula is C14H15NO3. The third-order valence-electron chi connectivity index (χ3n) is 3.61. The highest BCUT2D eigenvalue weighted by Crippen LogP contribution is 2.29. The Morgan fingerprint density at radius 2 is 1.94 bits per heavy atom. The van der Waals surface area contributed by atoms with Gasteiger partial charge in [-0.25, -0.2) is 0 Å². The molecule has 0 saturated carbocycles. The van der Waals surface area contributed by atoms with Crippen LogP contribution in [0, 0.1) is 5.92 Å². The number of amides is 1. The zero-order valence-corrected chi connectivity index (χ0v) is 10.1. The molecule has 0 aromatic heterocycles. The van der Waals surface area contributed by atoms with Crippen LogP contribution < -0.4 is 4.74 Å². The van der Waals surface area contributed by atoms with Crippen molar-refractivity contribution in [3.8, 4) is 5.75 Å². The Bertz CT molecular complexity index is 492. The lowest BCUT2D eigenvalue weighted by molar-refractivity contribution is -0.149. The van der Waals surface area contributed by atoms with Gasteiger partial charge in [-0.05, 0) is 30.9 Å². The Kier molecular flexibility index (Phi) is 2.78. The van der Waals surface area contributed by atoms with E-state index in [1.807, 2.05) is 18.2 Å². The van der Waals surface area contributed by atoms with Gasteiger partial charge in [-0.1, -0.05) is 18.2 Å². The molecule has 1 aromatic rings. The molecule has 1 saturated heterocycles. The predicted octanol–water partition coefficient (Wildman–Crippen LogP) is 1.39. The largest absolute Gasteiger partial charge is 0.426 e. The summed E-state index contributed by atoms with van der Waals surface area (Å²) in [6.45, 7) is 1.54. The number of hydrogen-bond donors (Lipinski definition) is 0. The van der Waals surface area contributed by atoms with Crippen molar-refractivity contribution in [2.75, 3.05) is 13.1 Å². The van der Waals surface area contributed by atoms with Crippen LogP contribution in [0.15, 0.2) is 24.3 Å². The van der Waals surface area contributed by atoms with E-state index in [1.165, 1.54) is 0 Å². The third-order valence-corrected chi connectivity index (χ3v) is 3.61. The number of likely N-dealkylation sites (tertiary alicyclic amines) is 1. The molecule has 0 spiro atoms. The number of carbonyl (C=O) groups excluding carboxylic acids is 2. The minimum Gasteiger partial charge on any atom is -0.426 e. The van der Waals surface area contributed by atoms with Gasteiger partial charge >= 0.3 is 5.97 Å². The smallest absolute Gasteiger partial charge is 0.324 e. The number of rotatable bonds is 1. The van der Waals surface area contributed by atoms with Crippen LogP contribution in [0.4, 0.5) is 0 Å². The Morgan fingerprint density at radius 3 is 2.72 bits per heavy atom. The van der Waals surface area contributed by atoms with E-state index in [2.05, 4.69) is 0 Å². The van der Waals surface area contributed by atoms with Crippen molar-refractivity contribution in [2.45, 2.75) is 19.3 Å². The van der Waals surface area contributed by atoms with Crippen LogP contribution >= 0.6 is 0 Å². The molecule has 1 amide bonds. The molecule has 0 bridgehead atoms. The third kappa shape index (κ3) is 1.88. The molecule has 1 unspecified atom stereocenters. The highest BCUT2D eigenvalue weighted by atomic mass is 16.5. The maximum atomic E-state index is 12.2. The van der Waals surface area contributed by atoms with Crippen molar-refractivity contribution in [3.05, 3.63) is 29.8 Å². The summed E-state index contributed by atoms with van der Waals surface area (Å²) in [6, 6.07) is 7.40. The molecule has 3 rings (SSSR count). The fourth-order valence-electron chi connectivity index (χ4n) is 2.60. The topological polar surface area (TPSA) is 46.6 Å². The molecule has 1 fully saturated rings. The number of hydrogen-bond acceptors (Lipinski definition) is 3. The molecule has 18 heavy (non-hydrogen) atoms. The fraction of sp³-hybridized carbons (Fsp3) is 0.429. The maximum absolute atomic E-state index is 12.2. The van der Waals surface area contributed by atoms with Crippen molar-refractivity contribution < 1.29 is 14.3 Å². The van der Waals surface area contributed by atoms with Gasteiger partial charge in [0.25, 0.3) is 0 Å². The fourth-order valence-corrected chi connectivity index (χ4v) is 2.60. The highest BCUT2D eigenvalue weighted by Gasteiger charge is 2.37. The van der Waals surface area contributed by atoms with Gasteiger partial charge in [0, 0.05) is 13.1 Å². The summed E-state index contributed by atoms with van der Waals surface area (Å²) in [5, 5.41) is 0. The number of ether oxygens (including phenoxy) is 1. The number of nitrogens with zero attached hydrogens (tertiary/aromatic N) is 1. The minimum absolute atomic E-state index is 0.0768. The number of carbonyl (C=O) groups is 2. The van der Waals surface area contributed by atoms with Gasteiger partial charge in [0.2, 0.25) is 5.91 Å². The molecule has 2 aliphatic heterocycles. The van der Waals surface area contributed by atoms with Gasteiger partial charge in [-0.3, -0.25) is 9.59 Å². The van der Waals surface area contributed by atoms with E-state index in [-0.39, 0.29) is 5.91 Å². The molecule has 1 atom stereocenters. The summed E-state index contributed by atoms with van der Waals surface area (Å²) in [6.07, 6.45) is 2.53. The van der Waals surface area contributed by atoms with Crippen LogP contribution in [-0.2, 0) is 16.0 Å². The van der Waals surface area contributed by atoms with Gasteiger partial charge in [0.1, 0.15) is 11.7 Å². The lowest BCUT2D eigenvalue weighted by Crippen LogP contribution is -2.42. The summed E-state index contributed by atoms with van der Waals surface area (Å²) in [5.74, 6) is -0.552. The van der Waals surface area contributed by atoms with Gasteiger partial charge in [-0.2, -0.15) is 0 Å². The Labute approximate surface area is 106 Å². The first-order valence-electron chi connectivity index (χ1n) is 6.34. The number of fused-ring (bicyclic) bond motifs is 1. The molecular weight excluding hydrogens is 230 g/mol. The Balaban J connectivity index is 1.82. The Morgan fingerprint density at radius 1 is 1.22 bits per heavy atom. The molecule has 0 radical (unpaired) electrons. The van der Waals surface area contributed by atoms with Crippen LogP contribution in [0.25, 0.3) is 0 Å². The van der Waals surface area contributed by atoms with Crippen molar-refractivity contribution in [3.63, 3.8) is 0 Å². The number of esters is 1. The first-order chi connectivity index (χ1) is 8.75. The van der Waals surface area contributed by atoms with E-state index in [9.17, 15) is 9.59 Å². The lowest BCUT2D eigenvalue weighted by atomic mass is 9.95. The van der Waals surface area contributed by atoms with E-state index in [0.717, 1.165) is 31.5 Å². The average molecular weight is 245 g/mol. The monoisotopic (exact) mass is 245 g/mol. The van der Waals surface area contributed by atoms with E-state index in [4.69, 9.17) is 4.74 Å². The van der Waals surface area contributed by atoms with Gasteiger partial charge < -0.3 is 9.64 Å². The quantitative estimate of drug-likeness (QED) is 0.426. The predicted molar refractivity (Wildman–Crippen MR) is 65.1 cm³/mol. The molecule has 2 aliphatic rings. The summed E-state index contributed by atoms with van der Waals surface area (Å²) in [7, 11) is 0. The van der Waals surface area contributed by atoms with E-state index >= 15 is 0 Å². The van der Waals surface area contributed by atoms with E-state index < -0.39 is 11.9 Å². The van der Waals surface area contributed by atoms with Gasteiger partial charge in [-0.15, -0.1) is 0 Å². The molecule has 4 nitrogen and oxygen atoms in total. The first kappa shape index (κ1) is 11.3. The lowest BCUT2D eigenvalue weighted by Gasteiger charge is -2.26. The second-order valence-electron chi connectivity index (χ2n) is 4.82. The number of benzene rings is 1. The van der Waals surface area contributed by atoms with Crippen LogP contribution in [-0.4, -0.2) is 29.9 Å². The Hall–Kier alpha value is -1.84. The molecule has 2 heterocycles. The molecule has 0 N–H and O–H groups in total. The van der Waals surface area contributed by atoms with Crippen molar-refractivity contribution >= 4 is 11.9 Å². The van der Waals surface area contributed by atoms with Crippen molar-refractivity contribution in [1.29, 1.82) is 0 Å². The molecule has 94 valence electrons. The van der Waals surface area contributed by atoms with Crippen LogP contribution in [0.5, 0.6) is 5.75 Å². The SMILES string of the molecule is O=C1Oc2ccccc2CC1C(=O)N1CCCC1. The van der Waals surface area contributed by atoms with E-state index in [0.29, 0.717) is 12.2 Å².